The van der Waals surface area contributed by atoms with E-state index >= 15 is 0 Å². The molecule has 0 bridgehead atoms. The minimum absolute atomic E-state index is 0.154. The Hall–Kier alpha value is -0.940. The summed E-state index contributed by atoms with van der Waals surface area (Å²) in [4.78, 5) is 4.52. The first-order valence-electron chi connectivity index (χ1n) is 7.19. The summed E-state index contributed by atoms with van der Waals surface area (Å²) in [5.74, 6) is 2.02. The highest BCUT2D eigenvalue weighted by Gasteiger charge is 2.40. The van der Waals surface area contributed by atoms with Gasteiger partial charge < -0.3 is 15.0 Å². The second-order valence-electron chi connectivity index (χ2n) is 5.93. The summed E-state index contributed by atoms with van der Waals surface area (Å²) in [6, 6.07) is 0.154. The Labute approximate surface area is 114 Å². The molecule has 0 aromatic carbocycles. The highest BCUT2D eigenvalue weighted by Crippen LogP contribution is 2.41. The van der Waals surface area contributed by atoms with Gasteiger partial charge in [-0.2, -0.15) is 4.98 Å². The third-order valence-electron chi connectivity index (χ3n) is 4.04. The lowest BCUT2D eigenvalue weighted by Gasteiger charge is -2.36. The quantitative estimate of drug-likeness (QED) is 0.886. The highest BCUT2D eigenvalue weighted by atomic mass is 16.5. The van der Waals surface area contributed by atoms with Crippen LogP contribution >= 0.6 is 0 Å². The third-order valence-corrected chi connectivity index (χ3v) is 4.04. The molecule has 1 fully saturated rings. The third kappa shape index (κ3) is 3.34. The van der Waals surface area contributed by atoms with Gasteiger partial charge in [-0.1, -0.05) is 18.5 Å². The number of nitrogens with two attached hydrogens (primary N) is 1. The lowest BCUT2D eigenvalue weighted by molar-refractivity contribution is -0.0658. The molecule has 108 valence electrons. The summed E-state index contributed by atoms with van der Waals surface area (Å²) >= 11 is 0. The van der Waals surface area contributed by atoms with Crippen LogP contribution < -0.4 is 5.73 Å². The van der Waals surface area contributed by atoms with Crippen LogP contribution in [0, 0.1) is 5.92 Å². The van der Waals surface area contributed by atoms with Crippen LogP contribution in [0.3, 0.4) is 0 Å². The Morgan fingerprint density at radius 2 is 2.37 bits per heavy atom. The van der Waals surface area contributed by atoms with Crippen LogP contribution in [-0.2, 0) is 16.8 Å². The molecule has 0 radical (unpaired) electrons. The van der Waals surface area contributed by atoms with Crippen LogP contribution in [0.5, 0.6) is 0 Å². The average Bonchev–Trinajstić information content (AvgIpc) is 2.85. The second-order valence-corrected chi connectivity index (χ2v) is 5.93. The first-order valence-corrected chi connectivity index (χ1v) is 7.19. The van der Waals surface area contributed by atoms with Crippen molar-refractivity contribution in [1.29, 1.82) is 0 Å². The van der Waals surface area contributed by atoms with E-state index in [1.54, 1.807) is 7.11 Å². The zero-order valence-corrected chi connectivity index (χ0v) is 12.2. The fourth-order valence-corrected chi connectivity index (χ4v) is 2.88. The fraction of sp³-hybridized carbons (Fsp3) is 0.857. The van der Waals surface area contributed by atoms with E-state index < -0.39 is 0 Å². The predicted octanol–water partition coefficient (Wildman–Crippen LogP) is 2.40. The van der Waals surface area contributed by atoms with E-state index in [-0.39, 0.29) is 11.6 Å². The summed E-state index contributed by atoms with van der Waals surface area (Å²) in [6.45, 7) is 4.24. The van der Waals surface area contributed by atoms with Gasteiger partial charge in [-0.15, -0.1) is 0 Å². The van der Waals surface area contributed by atoms with E-state index in [0.29, 0.717) is 17.6 Å². The van der Waals surface area contributed by atoms with Crippen LogP contribution in [0.4, 0.5) is 0 Å². The summed E-state index contributed by atoms with van der Waals surface area (Å²) in [7, 11) is 1.75. The molecule has 1 aromatic heterocycles. The molecule has 0 aliphatic heterocycles. The van der Waals surface area contributed by atoms with Crippen molar-refractivity contribution in [1.82, 2.24) is 10.1 Å². The molecule has 2 rings (SSSR count). The lowest BCUT2D eigenvalue weighted by Crippen LogP contribution is -2.35. The summed E-state index contributed by atoms with van der Waals surface area (Å²) in [5.41, 5.74) is 5.39. The molecule has 3 unspecified atom stereocenters. The molecule has 5 heteroatoms. The normalized spacial score (nSPS) is 29.4. The molecular weight excluding hydrogens is 242 g/mol. The van der Waals surface area contributed by atoms with Gasteiger partial charge in [0.2, 0.25) is 11.7 Å². The number of ether oxygens (including phenoxy) is 1. The second kappa shape index (κ2) is 6.01. The molecule has 1 aliphatic rings. The largest absolute Gasteiger partial charge is 0.370 e. The molecule has 1 saturated carbocycles. The van der Waals surface area contributed by atoms with Gasteiger partial charge in [-0.25, -0.2) is 0 Å². The van der Waals surface area contributed by atoms with Crippen molar-refractivity contribution in [2.24, 2.45) is 11.7 Å². The fourth-order valence-electron chi connectivity index (χ4n) is 2.88. The molecule has 0 spiro atoms. The van der Waals surface area contributed by atoms with E-state index in [1.165, 1.54) is 6.42 Å². The molecule has 2 N–H and O–H groups in total. The SMILES string of the molecule is COC1(c2noc(CCC(C)N)n2)CCCC(C)C1. The monoisotopic (exact) mass is 267 g/mol. The van der Waals surface area contributed by atoms with E-state index in [1.807, 2.05) is 6.92 Å². The minimum atomic E-state index is -0.353. The van der Waals surface area contributed by atoms with Gasteiger partial charge in [0.1, 0.15) is 5.60 Å². The Bertz CT molecular complexity index is 405. The van der Waals surface area contributed by atoms with Crippen LogP contribution in [0.25, 0.3) is 0 Å². The van der Waals surface area contributed by atoms with E-state index in [0.717, 1.165) is 32.1 Å². The van der Waals surface area contributed by atoms with Crippen LogP contribution in [0.15, 0.2) is 4.52 Å². The number of aryl methyl sites for hydroxylation is 1. The zero-order chi connectivity index (χ0) is 13.9. The van der Waals surface area contributed by atoms with Gasteiger partial charge in [0.05, 0.1) is 0 Å². The number of methoxy groups -OCH3 is 1. The Morgan fingerprint density at radius 1 is 1.58 bits per heavy atom. The first-order chi connectivity index (χ1) is 9.05. The molecule has 0 amide bonds. The van der Waals surface area contributed by atoms with Crippen molar-refractivity contribution in [3.05, 3.63) is 11.7 Å². The molecular formula is C14H25N3O2. The number of hydrogen-bond donors (Lipinski definition) is 1. The molecule has 19 heavy (non-hydrogen) atoms. The van der Waals surface area contributed by atoms with Gasteiger partial charge in [-0.05, 0) is 38.5 Å². The molecule has 3 atom stereocenters. The predicted molar refractivity (Wildman–Crippen MR) is 72.6 cm³/mol. The molecule has 1 aromatic rings. The number of hydrogen-bond acceptors (Lipinski definition) is 5. The van der Waals surface area contributed by atoms with Crippen molar-refractivity contribution >= 4 is 0 Å². The maximum absolute atomic E-state index is 5.76. The van der Waals surface area contributed by atoms with Crippen molar-refractivity contribution < 1.29 is 9.26 Å². The maximum Gasteiger partial charge on any atom is 0.226 e. The topological polar surface area (TPSA) is 74.2 Å². The summed E-state index contributed by atoms with van der Waals surface area (Å²) in [6.07, 6.45) is 5.94. The summed E-state index contributed by atoms with van der Waals surface area (Å²) in [5, 5.41) is 4.14. The minimum Gasteiger partial charge on any atom is -0.370 e. The van der Waals surface area contributed by atoms with E-state index in [4.69, 9.17) is 15.0 Å². The van der Waals surface area contributed by atoms with Gasteiger partial charge in [0, 0.05) is 19.6 Å². The highest BCUT2D eigenvalue weighted by molar-refractivity contribution is 5.04. The molecule has 1 aliphatic carbocycles. The smallest absolute Gasteiger partial charge is 0.226 e. The van der Waals surface area contributed by atoms with Gasteiger partial charge in [0.15, 0.2) is 0 Å². The number of aromatic nitrogens is 2. The van der Waals surface area contributed by atoms with Crippen LogP contribution in [0.1, 0.15) is 57.7 Å². The van der Waals surface area contributed by atoms with Crippen molar-refractivity contribution in [2.45, 2.75) is 64.0 Å². The number of nitrogens with zero attached hydrogens (tertiary/aromatic N) is 2. The average molecular weight is 267 g/mol. The standard InChI is InChI=1S/C14H25N3O2/c1-10-5-4-8-14(9-10,18-3)13-16-12(19-17-13)7-6-11(2)15/h10-11H,4-9,15H2,1-3H3. The lowest BCUT2D eigenvalue weighted by atomic mass is 9.78. The molecule has 0 saturated heterocycles. The van der Waals surface area contributed by atoms with Crippen molar-refractivity contribution in [3.63, 3.8) is 0 Å². The van der Waals surface area contributed by atoms with Crippen molar-refractivity contribution in [3.8, 4) is 0 Å². The van der Waals surface area contributed by atoms with Gasteiger partial charge >= 0.3 is 0 Å². The Morgan fingerprint density at radius 3 is 3.00 bits per heavy atom. The van der Waals surface area contributed by atoms with Gasteiger partial charge in [0.25, 0.3) is 0 Å². The zero-order valence-electron chi connectivity index (χ0n) is 12.2. The molecule has 1 heterocycles. The van der Waals surface area contributed by atoms with Crippen LogP contribution in [0.2, 0.25) is 0 Å². The van der Waals surface area contributed by atoms with Gasteiger partial charge in [-0.3, -0.25) is 0 Å². The first kappa shape index (κ1) is 14.5. The summed E-state index contributed by atoms with van der Waals surface area (Å²) < 4.78 is 11.1. The van der Waals surface area contributed by atoms with E-state index in [9.17, 15) is 0 Å². The van der Waals surface area contributed by atoms with Crippen LogP contribution in [-0.4, -0.2) is 23.3 Å². The van der Waals surface area contributed by atoms with E-state index in [2.05, 4.69) is 17.1 Å². The Balaban J connectivity index is 2.10. The van der Waals surface area contributed by atoms with Crippen molar-refractivity contribution in [2.75, 3.05) is 7.11 Å². The number of rotatable bonds is 5. The maximum atomic E-state index is 5.76. The molecule has 5 nitrogen and oxygen atoms in total. The Kier molecular flexibility index (Phi) is 4.58.